The molecule has 0 spiro atoms. The van der Waals surface area contributed by atoms with Crippen LogP contribution < -0.4 is 5.73 Å². The van der Waals surface area contributed by atoms with Crippen molar-refractivity contribution >= 4 is 11.5 Å². The van der Waals surface area contributed by atoms with Crippen molar-refractivity contribution in [3.63, 3.8) is 0 Å². The minimum absolute atomic E-state index is 0.101. The molecule has 1 aromatic rings. The van der Waals surface area contributed by atoms with Crippen LogP contribution in [-0.2, 0) is 0 Å². The third-order valence-corrected chi connectivity index (χ3v) is 1.96. The van der Waals surface area contributed by atoms with Crippen LogP contribution in [0.4, 0.5) is 23.2 Å². The van der Waals surface area contributed by atoms with E-state index in [9.17, 15) is 22.4 Å². The van der Waals surface area contributed by atoms with Crippen molar-refractivity contribution in [3.8, 4) is 0 Å². The van der Waals surface area contributed by atoms with Crippen molar-refractivity contribution in [1.29, 1.82) is 0 Å². The summed E-state index contributed by atoms with van der Waals surface area (Å²) in [6.07, 6.45) is -6.29. The van der Waals surface area contributed by atoms with Crippen LogP contribution in [-0.4, -0.2) is 12.0 Å². The fraction of sp³-hybridized carbons (Fsp3) is 0.300. The molecule has 16 heavy (non-hydrogen) atoms. The summed E-state index contributed by atoms with van der Waals surface area (Å²) >= 11 is 0. The van der Waals surface area contributed by atoms with Gasteiger partial charge in [0.15, 0.2) is 5.78 Å². The standard InChI is InChI=1S/C10H9F4NO/c11-7-5-6(1-2-8(7)15)9(16)3-4-10(12,13)14/h1-2,5H,3-4,15H2. The molecular weight excluding hydrogens is 226 g/mol. The van der Waals surface area contributed by atoms with Crippen LogP contribution in [0.2, 0.25) is 0 Å². The highest BCUT2D eigenvalue weighted by molar-refractivity contribution is 5.96. The van der Waals surface area contributed by atoms with Crippen molar-refractivity contribution < 1.29 is 22.4 Å². The average Bonchev–Trinajstić information content (AvgIpc) is 2.17. The Labute approximate surface area is 89.1 Å². The Kier molecular flexibility index (Phi) is 3.51. The second-order valence-electron chi connectivity index (χ2n) is 3.27. The van der Waals surface area contributed by atoms with Gasteiger partial charge >= 0.3 is 6.18 Å². The molecule has 0 aliphatic heterocycles. The first-order valence-electron chi connectivity index (χ1n) is 4.44. The Balaban J connectivity index is 2.70. The monoisotopic (exact) mass is 235 g/mol. The molecule has 88 valence electrons. The summed E-state index contributed by atoms with van der Waals surface area (Å²) in [6, 6.07) is 3.20. The van der Waals surface area contributed by atoms with Gasteiger partial charge in [-0.1, -0.05) is 0 Å². The number of anilines is 1. The van der Waals surface area contributed by atoms with Crippen molar-refractivity contribution in [2.24, 2.45) is 0 Å². The molecule has 0 saturated heterocycles. The van der Waals surface area contributed by atoms with E-state index in [-0.39, 0.29) is 11.3 Å². The van der Waals surface area contributed by atoms with Crippen LogP contribution in [0.1, 0.15) is 23.2 Å². The number of halogens is 4. The van der Waals surface area contributed by atoms with E-state index in [1.165, 1.54) is 6.07 Å². The molecule has 0 aliphatic rings. The lowest BCUT2D eigenvalue weighted by Crippen LogP contribution is -2.11. The predicted octanol–water partition coefficient (Wildman–Crippen LogP) is 2.93. The highest BCUT2D eigenvalue weighted by Gasteiger charge is 2.28. The molecule has 6 heteroatoms. The molecule has 0 saturated carbocycles. The molecule has 0 aromatic heterocycles. The number of hydrogen-bond acceptors (Lipinski definition) is 2. The third kappa shape index (κ3) is 3.52. The molecule has 0 atom stereocenters. The maximum absolute atomic E-state index is 12.9. The topological polar surface area (TPSA) is 43.1 Å². The Morgan fingerprint density at radius 1 is 1.31 bits per heavy atom. The summed E-state index contributed by atoms with van der Waals surface area (Å²) in [5.41, 5.74) is 4.92. The summed E-state index contributed by atoms with van der Waals surface area (Å²) in [6.45, 7) is 0. The average molecular weight is 235 g/mol. The number of ketones is 1. The Bertz CT molecular complexity index is 400. The van der Waals surface area contributed by atoms with E-state index in [2.05, 4.69) is 0 Å². The van der Waals surface area contributed by atoms with E-state index < -0.39 is 30.6 Å². The van der Waals surface area contributed by atoms with Gasteiger partial charge in [-0.25, -0.2) is 4.39 Å². The number of hydrogen-bond donors (Lipinski definition) is 1. The second-order valence-corrected chi connectivity index (χ2v) is 3.27. The summed E-state index contributed by atoms with van der Waals surface area (Å²) in [4.78, 5) is 11.2. The number of rotatable bonds is 3. The van der Waals surface area contributed by atoms with E-state index >= 15 is 0 Å². The van der Waals surface area contributed by atoms with Gasteiger partial charge in [-0.05, 0) is 18.2 Å². The molecule has 0 amide bonds. The minimum Gasteiger partial charge on any atom is -0.396 e. The quantitative estimate of drug-likeness (QED) is 0.497. The van der Waals surface area contributed by atoms with Crippen LogP contribution in [0.5, 0.6) is 0 Å². The number of nitrogen functional groups attached to an aromatic ring is 1. The lowest BCUT2D eigenvalue weighted by Gasteiger charge is -2.05. The van der Waals surface area contributed by atoms with E-state index in [1.807, 2.05) is 0 Å². The number of benzene rings is 1. The van der Waals surface area contributed by atoms with Crippen LogP contribution in [0, 0.1) is 5.82 Å². The number of Topliss-reactive ketones (excluding diaryl/α,β-unsaturated/α-hetero) is 1. The second kappa shape index (κ2) is 4.51. The van der Waals surface area contributed by atoms with Gasteiger partial charge in [-0.2, -0.15) is 13.2 Å². The summed E-state index contributed by atoms with van der Waals surface area (Å²) < 4.78 is 48.4. The number of carbonyl (C=O) groups excluding carboxylic acids is 1. The van der Waals surface area contributed by atoms with Crippen molar-refractivity contribution in [1.82, 2.24) is 0 Å². The number of alkyl halides is 3. The Morgan fingerprint density at radius 2 is 1.94 bits per heavy atom. The van der Waals surface area contributed by atoms with E-state index in [0.29, 0.717) is 0 Å². The lowest BCUT2D eigenvalue weighted by molar-refractivity contribution is -0.133. The molecule has 0 radical (unpaired) electrons. The smallest absolute Gasteiger partial charge is 0.389 e. The van der Waals surface area contributed by atoms with E-state index in [0.717, 1.165) is 12.1 Å². The fourth-order valence-electron chi connectivity index (χ4n) is 1.10. The Hall–Kier alpha value is -1.59. The summed E-state index contributed by atoms with van der Waals surface area (Å²) in [7, 11) is 0. The van der Waals surface area contributed by atoms with E-state index in [4.69, 9.17) is 5.73 Å². The van der Waals surface area contributed by atoms with Gasteiger partial charge in [0, 0.05) is 12.0 Å². The van der Waals surface area contributed by atoms with Crippen LogP contribution in [0.25, 0.3) is 0 Å². The van der Waals surface area contributed by atoms with Crippen LogP contribution >= 0.6 is 0 Å². The maximum atomic E-state index is 12.9. The molecule has 0 aliphatic carbocycles. The van der Waals surface area contributed by atoms with Gasteiger partial charge in [-0.15, -0.1) is 0 Å². The maximum Gasteiger partial charge on any atom is 0.389 e. The summed E-state index contributed by atoms with van der Waals surface area (Å²) in [5, 5.41) is 0. The van der Waals surface area contributed by atoms with Gasteiger partial charge in [-0.3, -0.25) is 4.79 Å². The molecular formula is C10H9F4NO. The largest absolute Gasteiger partial charge is 0.396 e. The normalized spacial score (nSPS) is 11.5. The van der Waals surface area contributed by atoms with Crippen molar-refractivity contribution in [2.45, 2.75) is 19.0 Å². The van der Waals surface area contributed by atoms with Crippen LogP contribution in [0.3, 0.4) is 0 Å². The van der Waals surface area contributed by atoms with E-state index in [1.54, 1.807) is 0 Å². The first kappa shape index (κ1) is 12.5. The first-order chi connectivity index (χ1) is 7.29. The Morgan fingerprint density at radius 3 is 2.44 bits per heavy atom. The molecule has 1 rings (SSSR count). The van der Waals surface area contributed by atoms with Gasteiger partial charge in [0.2, 0.25) is 0 Å². The molecule has 2 N–H and O–H groups in total. The van der Waals surface area contributed by atoms with Crippen LogP contribution in [0.15, 0.2) is 18.2 Å². The third-order valence-electron chi connectivity index (χ3n) is 1.96. The zero-order valence-corrected chi connectivity index (χ0v) is 8.14. The molecule has 2 nitrogen and oxygen atoms in total. The zero-order valence-electron chi connectivity index (χ0n) is 8.14. The highest BCUT2D eigenvalue weighted by atomic mass is 19.4. The molecule has 1 aromatic carbocycles. The molecule has 0 fully saturated rings. The fourth-order valence-corrected chi connectivity index (χ4v) is 1.10. The van der Waals surface area contributed by atoms with Gasteiger partial charge in [0.1, 0.15) is 5.82 Å². The van der Waals surface area contributed by atoms with Crippen molar-refractivity contribution in [3.05, 3.63) is 29.6 Å². The molecule has 0 unspecified atom stereocenters. The zero-order chi connectivity index (χ0) is 12.3. The SMILES string of the molecule is Nc1ccc(C(=O)CCC(F)(F)F)cc1F. The first-order valence-corrected chi connectivity index (χ1v) is 4.44. The minimum atomic E-state index is -4.39. The lowest BCUT2D eigenvalue weighted by atomic mass is 10.1. The number of carbonyl (C=O) groups is 1. The number of nitrogens with two attached hydrogens (primary N) is 1. The molecule has 0 heterocycles. The van der Waals surface area contributed by atoms with Crippen molar-refractivity contribution in [2.75, 3.05) is 5.73 Å². The van der Waals surface area contributed by atoms with Gasteiger partial charge < -0.3 is 5.73 Å². The predicted molar refractivity (Wildman–Crippen MR) is 50.4 cm³/mol. The van der Waals surface area contributed by atoms with Gasteiger partial charge in [0.25, 0.3) is 0 Å². The van der Waals surface area contributed by atoms with Gasteiger partial charge in [0.05, 0.1) is 12.1 Å². The highest BCUT2D eigenvalue weighted by Crippen LogP contribution is 2.23. The molecule has 0 bridgehead atoms. The summed E-state index contributed by atoms with van der Waals surface area (Å²) in [5.74, 6) is -1.56.